The van der Waals surface area contributed by atoms with Crippen LogP contribution in [0, 0.1) is 11.3 Å². The van der Waals surface area contributed by atoms with E-state index in [9.17, 15) is 9.90 Å². The van der Waals surface area contributed by atoms with Crippen LogP contribution in [0.3, 0.4) is 0 Å². The van der Waals surface area contributed by atoms with Gasteiger partial charge in [0.2, 0.25) is 0 Å². The van der Waals surface area contributed by atoms with Crippen LogP contribution in [-0.2, 0) is 16.1 Å². The molecule has 1 rings (SSSR count). The molecule has 0 bridgehead atoms. The zero-order valence-corrected chi connectivity index (χ0v) is 10.6. The molecule has 0 aliphatic rings. The van der Waals surface area contributed by atoms with Crippen molar-refractivity contribution < 1.29 is 14.6 Å². The molecule has 0 heterocycles. The molecule has 1 aromatic rings. The molecular formula is C14H20O3. The molecule has 0 aliphatic carbocycles. The fourth-order valence-electron chi connectivity index (χ4n) is 1.43. The Morgan fingerprint density at radius 2 is 1.94 bits per heavy atom. The molecule has 0 radical (unpaired) electrons. The minimum Gasteiger partial charge on any atom is -0.481 e. The number of carboxylic acid groups (broad SMARTS) is 1. The van der Waals surface area contributed by atoms with Crippen LogP contribution in [0.4, 0.5) is 0 Å². The van der Waals surface area contributed by atoms with Gasteiger partial charge in [-0.15, -0.1) is 0 Å². The fourth-order valence-corrected chi connectivity index (χ4v) is 1.43. The van der Waals surface area contributed by atoms with E-state index >= 15 is 0 Å². The average Bonchev–Trinajstić information content (AvgIpc) is 2.29. The molecule has 1 atom stereocenters. The second kappa shape index (κ2) is 5.82. The fraction of sp³-hybridized carbons (Fsp3) is 0.500. The number of carbonyl (C=O) groups is 1. The topological polar surface area (TPSA) is 46.5 Å². The van der Waals surface area contributed by atoms with Gasteiger partial charge in [-0.2, -0.15) is 0 Å². The summed E-state index contributed by atoms with van der Waals surface area (Å²) < 4.78 is 5.53. The molecule has 0 spiro atoms. The molecule has 0 saturated heterocycles. The molecule has 1 unspecified atom stereocenters. The maximum atomic E-state index is 11.2. The monoisotopic (exact) mass is 236 g/mol. The Bertz CT molecular complexity index is 359. The van der Waals surface area contributed by atoms with Gasteiger partial charge in [0, 0.05) is 0 Å². The number of hydrogen-bond acceptors (Lipinski definition) is 2. The Morgan fingerprint density at radius 3 is 2.41 bits per heavy atom. The average molecular weight is 236 g/mol. The Hall–Kier alpha value is -1.35. The van der Waals surface area contributed by atoms with E-state index in [1.807, 2.05) is 44.2 Å². The molecule has 0 fully saturated rings. The van der Waals surface area contributed by atoms with Crippen molar-refractivity contribution >= 4 is 5.97 Å². The number of carboxylic acids is 1. The van der Waals surface area contributed by atoms with Crippen LogP contribution in [0.25, 0.3) is 0 Å². The van der Waals surface area contributed by atoms with Crippen molar-refractivity contribution in [3.63, 3.8) is 0 Å². The standard InChI is InChI=1S/C14H20O3/c1-11(2)14(3,13(15)16)10-17-9-12-7-5-4-6-8-12/h4-8,11H,9-10H2,1-3H3,(H,15,16). The van der Waals surface area contributed by atoms with E-state index in [-0.39, 0.29) is 12.5 Å². The Labute approximate surface area is 102 Å². The van der Waals surface area contributed by atoms with Crippen molar-refractivity contribution in [3.05, 3.63) is 35.9 Å². The second-order valence-corrected chi connectivity index (χ2v) is 4.86. The molecular weight excluding hydrogens is 216 g/mol. The van der Waals surface area contributed by atoms with Crippen LogP contribution in [0.1, 0.15) is 26.3 Å². The number of rotatable bonds is 6. The van der Waals surface area contributed by atoms with Crippen LogP contribution in [0.2, 0.25) is 0 Å². The first-order chi connectivity index (χ1) is 7.97. The summed E-state index contributed by atoms with van der Waals surface area (Å²) in [7, 11) is 0. The third kappa shape index (κ3) is 3.56. The minimum atomic E-state index is -0.825. The summed E-state index contributed by atoms with van der Waals surface area (Å²) in [5, 5.41) is 9.22. The van der Waals surface area contributed by atoms with Crippen molar-refractivity contribution in [1.82, 2.24) is 0 Å². The van der Waals surface area contributed by atoms with E-state index in [0.717, 1.165) is 5.56 Å². The normalized spacial score (nSPS) is 14.6. The quantitative estimate of drug-likeness (QED) is 0.826. The zero-order valence-electron chi connectivity index (χ0n) is 10.6. The summed E-state index contributed by atoms with van der Waals surface area (Å²) in [5.74, 6) is -0.767. The summed E-state index contributed by atoms with van der Waals surface area (Å²) in [5.41, 5.74) is 0.235. The lowest BCUT2D eigenvalue weighted by molar-refractivity contribution is -0.155. The number of hydrogen-bond donors (Lipinski definition) is 1. The smallest absolute Gasteiger partial charge is 0.311 e. The molecule has 0 saturated carbocycles. The van der Waals surface area contributed by atoms with Gasteiger partial charge in [-0.05, 0) is 18.4 Å². The third-order valence-electron chi connectivity index (χ3n) is 3.28. The van der Waals surface area contributed by atoms with Gasteiger partial charge in [0.05, 0.1) is 18.6 Å². The van der Waals surface area contributed by atoms with Gasteiger partial charge in [-0.25, -0.2) is 0 Å². The van der Waals surface area contributed by atoms with Crippen molar-refractivity contribution in [3.8, 4) is 0 Å². The predicted molar refractivity (Wildman–Crippen MR) is 66.7 cm³/mol. The van der Waals surface area contributed by atoms with Crippen LogP contribution in [0.5, 0.6) is 0 Å². The Balaban J connectivity index is 2.52. The van der Waals surface area contributed by atoms with E-state index < -0.39 is 11.4 Å². The van der Waals surface area contributed by atoms with Crippen molar-refractivity contribution in [2.75, 3.05) is 6.61 Å². The molecule has 0 amide bonds. The third-order valence-corrected chi connectivity index (χ3v) is 3.28. The van der Waals surface area contributed by atoms with Crippen molar-refractivity contribution in [2.24, 2.45) is 11.3 Å². The van der Waals surface area contributed by atoms with Gasteiger partial charge in [0.15, 0.2) is 0 Å². The minimum absolute atomic E-state index is 0.0378. The highest BCUT2D eigenvalue weighted by molar-refractivity contribution is 5.74. The SMILES string of the molecule is CC(C)C(C)(COCc1ccccc1)C(=O)O. The number of ether oxygens (including phenoxy) is 1. The van der Waals surface area contributed by atoms with Crippen LogP contribution in [-0.4, -0.2) is 17.7 Å². The highest BCUT2D eigenvalue weighted by Gasteiger charge is 2.36. The van der Waals surface area contributed by atoms with Gasteiger partial charge in [0.1, 0.15) is 0 Å². The van der Waals surface area contributed by atoms with E-state index in [2.05, 4.69) is 0 Å². The maximum absolute atomic E-state index is 11.2. The molecule has 94 valence electrons. The number of benzene rings is 1. The van der Waals surface area contributed by atoms with Crippen molar-refractivity contribution in [1.29, 1.82) is 0 Å². The summed E-state index contributed by atoms with van der Waals surface area (Å²) in [4.78, 5) is 11.2. The summed E-state index contributed by atoms with van der Waals surface area (Å²) in [6.07, 6.45) is 0. The van der Waals surface area contributed by atoms with E-state index in [1.54, 1.807) is 6.92 Å². The highest BCUT2D eigenvalue weighted by Crippen LogP contribution is 2.28. The Kier molecular flexibility index (Phi) is 4.70. The van der Waals surface area contributed by atoms with Crippen LogP contribution >= 0.6 is 0 Å². The molecule has 1 aromatic carbocycles. The molecule has 3 heteroatoms. The van der Waals surface area contributed by atoms with Gasteiger partial charge >= 0.3 is 5.97 Å². The van der Waals surface area contributed by atoms with Gasteiger partial charge < -0.3 is 9.84 Å². The Morgan fingerprint density at radius 1 is 1.35 bits per heavy atom. The summed E-state index contributed by atoms with van der Waals surface area (Å²) in [6.45, 7) is 6.22. The largest absolute Gasteiger partial charge is 0.481 e. The zero-order chi connectivity index (χ0) is 12.9. The predicted octanol–water partition coefficient (Wildman–Crippen LogP) is 2.95. The molecule has 1 N–H and O–H groups in total. The first-order valence-corrected chi connectivity index (χ1v) is 5.82. The highest BCUT2D eigenvalue weighted by atomic mass is 16.5. The van der Waals surface area contributed by atoms with Crippen molar-refractivity contribution in [2.45, 2.75) is 27.4 Å². The lowest BCUT2D eigenvalue weighted by atomic mass is 9.80. The maximum Gasteiger partial charge on any atom is 0.311 e. The summed E-state index contributed by atoms with van der Waals surface area (Å²) >= 11 is 0. The van der Waals surface area contributed by atoms with Gasteiger partial charge in [-0.1, -0.05) is 44.2 Å². The first kappa shape index (κ1) is 13.7. The van der Waals surface area contributed by atoms with Gasteiger partial charge in [-0.3, -0.25) is 4.79 Å². The van der Waals surface area contributed by atoms with Crippen LogP contribution < -0.4 is 0 Å². The lowest BCUT2D eigenvalue weighted by Crippen LogP contribution is -2.37. The first-order valence-electron chi connectivity index (χ1n) is 5.82. The molecule has 17 heavy (non-hydrogen) atoms. The lowest BCUT2D eigenvalue weighted by Gasteiger charge is -2.28. The summed E-state index contributed by atoms with van der Waals surface area (Å²) in [6, 6.07) is 9.76. The van der Waals surface area contributed by atoms with E-state index in [1.165, 1.54) is 0 Å². The van der Waals surface area contributed by atoms with Gasteiger partial charge in [0.25, 0.3) is 0 Å². The van der Waals surface area contributed by atoms with E-state index in [4.69, 9.17) is 4.74 Å². The second-order valence-electron chi connectivity index (χ2n) is 4.86. The molecule has 0 aliphatic heterocycles. The van der Waals surface area contributed by atoms with E-state index in [0.29, 0.717) is 6.61 Å². The number of aliphatic carboxylic acids is 1. The van der Waals surface area contributed by atoms with Crippen LogP contribution in [0.15, 0.2) is 30.3 Å². The molecule has 3 nitrogen and oxygen atoms in total. The molecule has 0 aromatic heterocycles.